The van der Waals surface area contributed by atoms with Gasteiger partial charge < -0.3 is 4.74 Å². The van der Waals surface area contributed by atoms with Gasteiger partial charge in [0.25, 0.3) is 0 Å². The molecule has 0 aliphatic heterocycles. The molecule has 1 heterocycles. The highest BCUT2D eigenvalue weighted by Crippen LogP contribution is 2.51. The van der Waals surface area contributed by atoms with Gasteiger partial charge in [-0.05, 0) is 54.5 Å². The normalized spacial score (nSPS) is 15.2. The average molecular weight is 532 g/mol. The Morgan fingerprint density at radius 3 is 2.41 bits per heavy atom. The molecule has 9 heteroatoms. The lowest BCUT2D eigenvalue weighted by molar-refractivity contribution is -0.218. The number of alkyl halides is 3. The van der Waals surface area contributed by atoms with Gasteiger partial charge in [0.05, 0.1) is 12.1 Å². The van der Waals surface area contributed by atoms with Crippen molar-refractivity contribution in [3.05, 3.63) is 58.6 Å². The smallest absolute Gasteiger partial charge is 0.401 e. The number of halogens is 4. The number of aromatic nitrogens is 3. The first-order chi connectivity index (χ1) is 17.5. The van der Waals surface area contributed by atoms with Crippen LogP contribution in [0.25, 0.3) is 22.8 Å². The van der Waals surface area contributed by atoms with Crippen molar-refractivity contribution < 1.29 is 22.7 Å². The number of carbonyl (C=O) groups is 1. The van der Waals surface area contributed by atoms with Crippen LogP contribution in [0.2, 0.25) is 5.02 Å². The van der Waals surface area contributed by atoms with Crippen LogP contribution in [-0.4, -0.2) is 34.0 Å². The predicted octanol–water partition coefficient (Wildman–Crippen LogP) is 7.62. The molecule has 5 nitrogen and oxygen atoms in total. The summed E-state index contributed by atoms with van der Waals surface area (Å²) in [6.07, 6.45) is -4.00. The van der Waals surface area contributed by atoms with E-state index < -0.39 is 17.4 Å². The van der Waals surface area contributed by atoms with E-state index in [0.29, 0.717) is 40.7 Å². The molecule has 196 valence electrons. The van der Waals surface area contributed by atoms with Gasteiger partial charge in [-0.15, -0.1) is 0 Å². The minimum Gasteiger partial charge on any atom is -0.467 e. The summed E-state index contributed by atoms with van der Waals surface area (Å²) >= 11 is 6.48. The molecule has 1 aliphatic carbocycles. The number of Topliss-reactive ketones (excluding diaryl/α,β-unsaturated/α-hetero) is 1. The van der Waals surface area contributed by atoms with Gasteiger partial charge in [-0.2, -0.15) is 23.1 Å². The summed E-state index contributed by atoms with van der Waals surface area (Å²) in [5.74, 6) is 0.257. The Balaban J connectivity index is 1.64. The maximum atomic E-state index is 13.8. The molecule has 0 bridgehead atoms. The van der Waals surface area contributed by atoms with Gasteiger partial charge in [0.1, 0.15) is 11.2 Å². The molecular formula is C28H29ClF3N3O2. The fourth-order valence-corrected chi connectivity index (χ4v) is 5.03. The van der Waals surface area contributed by atoms with E-state index in [9.17, 15) is 18.0 Å². The Labute approximate surface area is 219 Å². The van der Waals surface area contributed by atoms with Crippen molar-refractivity contribution in [1.82, 2.24) is 15.0 Å². The molecule has 0 unspecified atom stereocenters. The molecular weight excluding hydrogens is 503 g/mol. The molecule has 1 aromatic heterocycles. The van der Waals surface area contributed by atoms with Crippen molar-refractivity contribution in [2.75, 3.05) is 7.11 Å². The lowest BCUT2D eigenvalue weighted by atomic mass is 9.78. The van der Waals surface area contributed by atoms with Crippen molar-refractivity contribution in [2.24, 2.45) is 5.41 Å². The third kappa shape index (κ3) is 5.64. The van der Waals surface area contributed by atoms with Crippen molar-refractivity contribution in [3.8, 4) is 28.8 Å². The minimum atomic E-state index is -4.53. The first-order valence-electron chi connectivity index (χ1n) is 12.3. The number of ether oxygens (including phenoxy) is 1. The second kappa shape index (κ2) is 10.8. The number of rotatable bonds is 8. The summed E-state index contributed by atoms with van der Waals surface area (Å²) in [7, 11) is 1.45. The van der Waals surface area contributed by atoms with Crippen LogP contribution in [0.5, 0.6) is 6.01 Å². The van der Waals surface area contributed by atoms with Crippen molar-refractivity contribution in [2.45, 2.75) is 64.5 Å². The molecule has 4 rings (SSSR count). The lowest BCUT2D eigenvalue weighted by Crippen LogP contribution is -2.42. The zero-order chi connectivity index (χ0) is 26.8. The SMILES string of the molecule is COc1nc(-c2cccc(C(C)C)c2)nc(-c2cc(CCC(=O)C3(C(F)(F)F)CCCC3)ccc2Cl)n1. The van der Waals surface area contributed by atoms with Crippen LogP contribution >= 0.6 is 11.6 Å². The second-order valence-corrected chi connectivity index (χ2v) is 10.2. The molecule has 1 aliphatic rings. The monoisotopic (exact) mass is 531 g/mol. The fraction of sp³-hybridized carbons (Fsp3) is 0.429. The van der Waals surface area contributed by atoms with E-state index in [-0.39, 0.29) is 37.5 Å². The Morgan fingerprint density at radius 2 is 1.76 bits per heavy atom. The van der Waals surface area contributed by atoms with E-state index in [1.807, 2.05) is 24.3 Å². The summed E-state index contributed by atoms with van der Waals surface area (Å²) in [5.41, 5.74) is 0.858. The number of aryl methyl sites for hydroxylation is 1. The molecule has 3 aromatic rings. The lowest BCUT2D eigenvalue weighted by Gasteiger charge is -2.30. The van der Waals surface area contributed by atoms with Gasteiger partial charge in [0.2, 0.25) is 0 Å². The molecule has 0 spiro atoms. The number of benzene rings is 2. The van der Waals surface area contributed by atoms with Crippen LogP contribution in [-0.2, 0) is 11.2 Å². The molecule has 2 aromatic carbocycles. The molecule has 37 heavy (non-hydrogen) atoms. The summed E-state index contributed by atoms with van der Waals surface area (Å²) in [6.45, 7) is 4.19. The summed E-state index contributed by atoms with van der Waals surface area (Å²) in [5, 5.41) is 0.368. The van der Waals surface area contributed by atoms with Crippen molar-refractivity contribution >= 4 is 17.4 Å². The largest absolute Gasteiger partial charge is 0.467 e. The van der Waals surface area contributed by atoms with E-state index >= 15 is 0 Å². The first-order valence-corrected chi connectivity index (χ1v) is 12.7. The number of ketones is 1. The third-order valence-corrected chi connectivity index (χ3v) is 7.38. The molecule has 0 radical (unpaired) electrons. The number of nitrogens with zero attached hydrogens (tertiary/aromatic N) is 3. The van der Waals surface area contributed by atoms with Gasteiger partial charge in [-0.25, -0.2) is 4.98 Å². The van der Waals surface area contributed by atoms with Gasteiger partial charge in [0.15, 0.2) is 11.6 Å². The number of carbonyl (C=O) groups excluding carboxylic acids is 1. The van der Waals surface area contributed by atoms with E-state index in [0.717, 1.165) is 11.1 Å². The van der Waals surface area contributed by atoms with Crippen molar-refractivity contribution in [1.29, 1.82) is 0 Å². The van der Waals surface area contributed by atoms with Gasteiger partial charge in [-0.1, -0.05) is 62.6 Å². The van der Waals surface area contributed by atoms with Crippen molar-refractivity contribution in [3.63, 3.8) is 0 Å². The Kier molecular flexibility index (Phi) is 7.88. The third-order valence-electron chi connectivity index (χ3n) is 7.05. The average Bonchev–Trinajstić information content (AvgIpc) is 3.40. The van der Waals surface area contributed by atoms with Gasteiger partial charge in [0, 0.05) is 17.5 Å². The second-order valence-electron chi connectivity index (χ2n) is 9.77. The molecule has 1 fully saturated rings. The fourth-order valence-electron chi connectivity index (χ4n) is 4.83. The highest BCUT2D eigenvalue weighted by molar-refractivity contribution is 6.33. The molecule has 0 saturated heterocycles. The van der Waals surface area contributed by atoms with Crippen LogP contribution in [0, 0.1) is 5.41 Å². The van der Waals surface area contributed by atoms with E-state index in [1.165, 1.54) is 7.11 Å². The quantitative estimate of drug-likeness (QED) is 0.299. The van der Waals surface area contributed by atoms with Crippen LogP contribution < -0.4 is 4.74 Å². The zero-order valence-corrected chi connectivity index (χ0v) is 21.8. The standard InChI is InChI=1S/C28H29ClF3N3O2/c1-17(2)19-7-6-8-20(16-19)24-33-25(35-26(34-24)37-3)21-15-18(9-11-22(21)29)10-12-23(36)27(28(30,31)32)13-4-5-14-27/h6-9,11,15-17H,4-5,10,12-14H2,1-3H3. The molecule has 1 saturated carbocycles. The van der Waals surface area contributed by atoms with Gasteiger partial charge >= 0.3 is 12.2 Å². The number of hydrogen-bond donors (Lipinski definition) is 0. The number of hydrogen-bond acceptors (Lipinski definition) is 5. The Morgan fingerprint density at radius 1 is 1.05 bits per heavy atom. The minimum absolute atomic E-state index is 0.111. The highest BCUT2D eigenvalue weighted by atomic mass is 35.5. The first kappa shape index (κ1) is 27.0. The van der Waals surface area contributed by atoms with Crippen LogP contribution in [0.4, 0.5) is 13.2 Å². The number of methoxy groups -OCH3 is 1. The van der Waals surface area contributed by atoms with E-state index in [4.69, 9.17) is 16.3 Å². The molecule has 0 N–H and O–H groups in total. The highest BCUT2D eigenvalue weighted by Gasteiger charge is 2.59. The van der Waals surface area contributed by atoms with Crippen LogP contribution in [0.15, 0.2) is 42.5 Å². The Hall–Kier alpha value is -3.00. The maximum Gasteiger partial charge on any atom is 0.401 e. The molecule has 0 amide bonds. The molecule has 0 atom stereocenters. The van der Waals surface area contributed by atoms with E-state index in [1.54, 1.807) is 18.2 Å². The Bertz CT molecular complexity index is 1290. The summed E-state index contributed by atoms with van der Waals surface area (Å²) in [4.78, 5) is 26.2. The summed E-state index contributed by atoms with van der Waals surface area (Å²) < 4.78 is 46.6. The van der Waals surface area contributed by atoms with Gasteiger partial charge in [-0.3, -0.25) is 4.79 Å². The predicted molar refractivity (Wildman–Crippen MR) is 137 cm³/mol. The van der Waals surface area contributed by atoms with Crippen LogP contribution in [0.1, 0.15) is 63.0 Å². The van der Waals surface area contributed by atoms with E-state index in [2.05, 4.69) is 28.8 Å². The zero-order valence-electron chi connectivity index (χ0n) is 21.0. The van der Waals surface area contributed by atoms with Crippen LogP contribution in [0.3, 0.4) is 0 Å². The summed E-state index contributed by atoms with van der Waals surface area (Å²) in [6, 6.07) is 13.0. The maximum absolute atomic E-state index is 13.8. The topological polar surface area (TPSA) is 65.0 Å².